The summed E-state index contributed by atoms with van der Waals surface area (Å²) in [5.74, 6) is 0.00288. The summed E-state index contributed by atoms with van der Waals surface area (Å²) in [6.07, 6.45) is 8.04. The molecular formula is C25H30N4O2. The molecule has 6 nitrogen and oxygen atoms in total. The van der Waals surface area contributed by atoms with E-state index >= 15 is 0 Å². The molecule has 1 aromatic carbocycles. The predicted octanol–water partition coefficient (Wildman–Crippen LogP) is 4.15. The third kappa shape index (κ3) is 4.48. The van der Waals surface area contributed by atoms with Gasteiger partial charge in [0, 0.05) is 61.5 Å². The number of amides is 2. The first-order valence-electron chi connectivity index (χ1n) is 11.0. The highest BCUT2D eigenvalue weighted by molar-refractivity contribution is 5.93. The van der Waals surface area contributed by atoms with Gasteiger partial charge in [-0.25, -0.2) is 0 Å². The molecule has 0 saturated heterocycles. The average molecular weight is 419 g/mol. The molecule has 1 aliphatic rings. The number of nitrogens with zero attached hydrogens (tertiary/aromatic N) is 3. The lowest BCUT2D eigenvalue weighted by Crippen LogP contribution is -2.46. The van der Waals surface area contributed by atoms with Gasteiger partial charge in [-0.05, 0) is 55.5 Å². The Labute approximate surface area is 183 Å². The highest BCUT2D eigenvalue weighted by atomic mass is 16.2. The Balaban J connectivity index is 1.45. The van der Waals surface area contributed by atoms with Gasteiger partial charge >= 0.3 is 0 Å². The fourth-order valence-corrected chi connectivity index (χ4v) is 4.48. The molecule has 162 valence electrons. The second-order valence-corrected chi connectivity index (χ2v) is 8.49. The first kappa shape index (κ1) is 21.1. The fraction of sp³-hybridized carbons (Fsp3) is 0.400. The number of aromatic nitrogens is 2. The molecule has 2 heterocycles. The van der Waals surface area contributed by atoms with E-state index in [1.807, 2.05) is 39.3 Å². The van der Waals surface area contributed by atoms with Crippen LogP contribution in [0.1, 0.15) is 49.5 Å². The summed E-state index contributed by atoms with van der Waals surface area (Å²) in [7, 11) is 3.88. The molecule has 0 aliphatic heterocycles. The van der Waals surface area contributed by atoms with Crippen molar-refractivity contribution in [1.29, 1.82) is 0 Å². The summed E-state index contributed by atoms with van der Waals surface area (Å²) in [6, 6.07) is 12.5. The van der Waals surface area contributed by atoms with E-state index in [2.05, 4.69) is 39.1 Å². The number of benzene rings is 1. The SMILES string of the molecule is CCC(=O)N[C@H]1CCC[C@@H](N(C)C(=O)c2ccc(-c3ccc4c(ccn4C)c3)cn2)C1. The molecule has 2 aromatic heterocycles. The van der Waals surface area contributed by atoms with Crippen LogP contribution in [0.25, 0.3) is 22.0 Å². The maximum absolute atomic E-state index is 13.0. The van der Waals surface area contributed by atoms with E-state index in [1.54, 1.807) is 11.1 Å². The molecule has 1 fully saturated rings. The number of hydrogen-bond donors (Lipinski definition) is 1. The first-order valence-corrected chi connectivity index (χ1v) is 11.0. The summed E-state index contributed by atoms with van der Waals surface area (Å²) in [6.45, 7) is 1.86. The van der Waals surface area contributed by atoms with Gasteiger partial charge in [0.2, 0.25) is 5.91 Å². The molecule has 0 radical (unpaired) electrons. The van der Waals surface area contributed by atoms with Crippen molar-refractivity contribution in [2.75, 3.05) is 7.05 Å². The first-order chi connectivity index (χ1) is 15.0. The lowest BCUT2D eigenvalue weighted by Gasteiger charge is -2.35. The van der Waals surface area contributed by atoms with Crippen LogP contribution in [0.4, 0.5) is 0 Å². The Kier molecular flexibility index (Phi) is 6.07. The van der Waals surface area contributed by atoms with Crippen LogP contribution < -0.4 is 5.32 Å². The van der Waals surface area contributed by atoms with Crippen LogP contribution in [0.5, 0.6) is 0 Å². The largest absolute Gasteiger partial charge is 0.353 e. The van der Waals surface area contributed by atoms with Crippen molar-refractivity contribution in [3.63, 3.8) is 0 Å². The van der Waals surface area contributed by atoms with Gasteiger partial charge in [0.25, 0.3) is 5.91 Å². The molecule has 6 heteroatoms. The van der Waals surface area contributed by atoms with Gasteiger partial charge < -0.3 is 14.8 Å². The van der Waals surface area contributed by atoms with E-state index in [-0.39, 0.29) is 23.9 Å². The third-order valence-electron chi connectivity index (χ3n) is 6.40. The number of pyridine rings is 1. The number of carbonyl (C=O) groups is 2. The van der Waals surface area contributed by atoms with Gasteiger partial charge in [-0.2, -0.15) is 0 Å². The van der Waals surface area contributed by atoms with Crippen molar-refractivity contribution >= 4 is 22.7 Å². The normalized spacial score (nSPS) is 18.7. The molecule has 0 bridgehead atoms. The average Bonchev–Trinajstić information content (AvgIpc) is 3.18. The van der Waals surface area contributed by atoms with Crippen molar-refractivity contribution < 1.29 is 9.59 Å². The highest BCUT2D eigenvalue weighted by Crippen LogP contribution is 2.26. The smallest absolute Gasteiger partial charge is 0.272 e. The lowest BCUT2D eigenvalue weighted by molar-refractivity contribution is -0.121. The number of rotatable bonds is 5. The minimum absolute atomic E-state index is 0.0717. The molecule has 3 aromatic rings. The Morgan fingerprint density at radius 2 is 1.97 bits per heavy atom. The molecule has 0 spiro atoms. The minimum Gasteiger partial charge on any atom is -0.353 e. The standard InChI is InChI=1S/C25H30N4O2/c1-4-24(30)27-20-6-5-7-21(15-20)29(3)25(31)22-10-8-19(16-26-22)17-9-11-23-18(14-17)12-13-28(23)2/h8-14,16,20-21H,4-7,15H2,1-3H3,(H,27,30)/t20-,21+/m0/s1. The highest BCUT2D eigenvalue weighted by Gasteiger charge is 2.29. The Morgan fingerprint density at radius 1 is 1.16 bits per heavy atom. The van der Waals surface area contributed by atoms with Crippen LogP contribution in [0.15, 0.2) is 48.8 Å². The number of hydrogen-bond acceptors (Lipinski definition) is 3. The Hall–Kier alpha value is -3.15. The topological polar surface area (TPSA) is 67.2 Å². The monoisotopic (exact) mass is 418 g/mol. The third-order valence-corrected chi connectivity index (χ3v) is 6.40. The van der Waals surface area contributed by atoms with Crippen molar-refractivity contribution in [2.45, 2.75) is 51.1 Å². The Morgan fingerprint density at radius 3 is 2.71 bits per heavy atom. The van der Waals surface area contributed by atoms with E-state index in [1.165, 1.54) is 10.9 Å². The Bertz CT molecular complexity index is 1090. The zero-order valence-electron chi connectivity index (χ0n) is 18.5. The molecule has 2 atom stereocenters. The second-order valence-electron chi connectivity index (χ2n) is 8.49. The van der Waals surface area contributed by atoms with Gasteiger partial charge in [0.15, 0.2) is 0 Å². The van der Waals surface area contributed by atoms with Gasteiger partial charge in [-0.3, -0.25) is 14.6 Å². The summed E-state index contributed by atoms with van der Waals surface area (Å²) in [4.78, 5) is 31.0. The second kappa shape index (κ2) is 8.92. The summed E-state index contributed by atoms with van der Waals surface area (Å²) >= 11 is 0. The van der Waals surface area contributed by atoms with E-state index in [0.29, 0.717) is 12.1 Å². The van der Waals surface area contributed by atoms with Crippen molar-refractivity contribution in [3.8, 4) is 11.1 Å². The van der Waals surface area contributed by atoms with E-state index in [9.17, 15) is 9.59 Å². The maximum Gasteiger partial charge on any atom is 0.272 e. The number of carbonyl (C=O) groups excluding carboxylic acids is 2. The van der Waals surface area contributed by atoms with Gasteiger partial charge in [-0.1, -0.05) is 19.1 Å². The predicted molar refractivity (Wildman–Crippen MR) is 123 cm³/mol. The van der Waals surface area contributed by atoms with Crippen LogP contribution in [0.2, 0.25) is 0 Å². The number of nitrogens with one attached hydrogen (secondary N) is 1. The van der Waals surface area contributed by atoms with Crippen molar-refractivity contribution in [2.24, 2.45) is 7.05 Å². The maximum atomic E-state index is 13.0. The van der Waals surface area contributed by atoms with Crippen molar-refractivity contribution in [1.82, 2.24) is 19.8 Å². The van der Waals surface area contributed by atoms with Crippen LogP contribution in [0, 0.1) is 0 Å². The van der Waals surface area contributed by atoms with Gasteiger partial charge in [-0.15, -0.1) is 0 Å². The van der Waals surface area contributed by atoms with Gasteiger partial charge in [0.1, 0.15) is 5.69 Å². The minimum atomic E-state index is -0.0717. The molecule has 0 unspecified atom stereocenters. The molecule has 1 saturated carbocycles. The van der Waals surface area contributed by atoms with E-state index in [0.717, 1.165) is 36.8 Å². The van der Waals surface area contributed by atoms with E-state index < -0.39 is 0 Å². The molecule has 1 N–H and O–H groups in total. The van der Waals surface area contributed by atoms with Crippen LogP contribution in [-0.4, -0.2) is 45.4 Å². The molecule has 1 aliphatic carbocycles. The van der Waals surface area contributed by atoms with Gasteiger partial charge in [0.05, 0.1) is 0 Å². The number of aryl methyl sites for hydroxylation is 1. The van der Waals surface area contributed by atoms with Crippen LogP contribution in [-0.2, 0) is 11.8 Å². The van der Waals surface area contributed by atoms with Crippen molar-refractivity contribution in [3.05, 3.63) is 54.5 Å². The number of fused-ring (bicyclic) bond motifs is 1. The van der Waals surface area contributed by atoms with Crippen LogP contribution in [0.3, 0.4) is 0 Å². The zero-order valence-corrected chi connectivity index (χ0v) is 18.5. The summed E-state index contributed by atoms with van der Waals surface area (Å²) < 4.78 is 2.10. The fourth-order valence-electron chi connectivity index (χ4n) is 4.48. The molecule has 31 heavy (non-hydrogen) atoms. The molecular weight excluding hydrogens is 388 g/mol. The van der Waals surface area contributed by atoms with E-state index in [4.69, 9.17) is 0 Å². The lowest BCUT2D eigenvalue weighted by atomic mass is 9.90. The molecule has 4 rings (SSSR count). The molecule has 2 amide bonds. The summed E-state index contributed by atoms with van der Waals surface area (Å²) in [5.41, 5.74) is 3.71. The van der Waals surface area contributed by atoms with Crippen LogP contribution >= 0.6 is 0 Å². The summed E-state index contributed by atoms with van der Waals surface area (Å²) in [5, 5.41) is 4.26. The quantitative estimate of drug-likeness (QED) is 0.677. The zero-order chi connectivity index (χ0) is 22.0.